The van der Waals surface area contributed by atoms with E-state index in [0.717, 1.165) is 25.0 Å². The Labute approximate surface area is 101 Å². The third-order valence-electron chi connectivity index (χ3n) is 2.89. The summed E-state index contributed by atoms with van der Waals surface area (Å²) in [6.45, 7) is 0. The van der Waals surface area contributed by atoms with Gasteiger partial charge in [-0.3, -0.25) is 0 Å². The molecular weight excluding hydrogens is 243 g/mol. The van der Waals surface area contributed by atoms with Crippen molar-refractivity contribution in [3.63, 3.8) is 0 Å². The second kappa shape index (κ2) is 4.04. The first kappa shape index (κ1) is 11.1. The van der Waals surface area contributed by atoms with E-state index in [1.165, 1.54) is 0 Å². The molecule has 0 bridgehead atoms. The smallest absolute Gasteiger partial charge is 0.207 e. The maximum atomic E-state index is 13.5. The second-order valence-electron chi connectivity index (χ2n) is 4.24. The summed E-state index contributed by atoms with van der Waals surface area (Å²) in [5.41, 5.74) is -0.123. The van der Waals surface area contributed by atoms with Crippen molar-refractivity contribution >= 4 is 11.6 Å². The topological polar surface area (TPSA) is 29.9 Å². The van der Waals surface area contributed by atoms with E-state index >= 15 is 0 Å². The van der Waals surface area contributed by atoms with Crippen LogP contribution in [0.15, 0.2) is 24.5 Å². The normalized spacial score (nSPS) is 14.8. The molecule has 18 heavy (non-hydrogen) atoms. The molecule has 0 spiro atoms. The van der Waals surface area contributed by atoms with Gasteiger partial charge in [-0.2, -0.15) is 0 Å². The fraction of sp³-hybridized carbons (Fsp3) is 0.250. The van der Waals surface area contributed by atoms with E-state index in [2.05, 4.69) is 10.3 Å². The highest BCUT2D eigenvalue weighted by atomic mass is 19.2. The molecule has 1 heterocycles. The summed E-state index contributed by atoms with van der Waals surface area (Å²) < 4.78 is 41.2. The van der Waals surface area contributed by atoms with Gasteiger partial charge in [-0.1, -0.05) is 0 Å². The first-order chi connectivity index (χ1) is 8.66. The molecule has 1 aliphatic carbocycles. The first-order valence-electron chi connectivity index (χ1n) is 5.60. The molecule has 1 N–H and O–H groups in total. The number of rotatable bonds is 3. The number of anilines is 2. The molecule has 1 aromatic carbocycles. The molecule has 3 rings (SSSR count). The molecule has 94 valence electrons. The summed E-state index contributed by atoms with van der Waals surface area (Å²) in [5, 5.41) is 2.68. The van der Waals surface area contributed by atoms with Gasteiger partial charge in [-0.05, 0) is 25.0 Å². The number of nitrogens with one attached hydrogen (secondary N) is 1. The lowest BCUT2D eigenvalue weighted by atomic mass is 10.3. The molecule has 0 radical (unpaired) electrons. The Bertz CT molecular complexity index is 590. The minimum absolute atomic E-state index is 0.123. The van der Waals surface area contributed by atoms with Gasteiger partial charge in [0.15, 0.2) is 17.5 Å². The maximum absolute atomic E-state index is 13.5. The van der Waals surface area contributed by atoms with Gasteiger partial charge in [-0.25, -0.2) is 18.2 Å². The number of benzene rings is 1. The maximum Gasteiger partial charge on any atom is 0.207 e. The molecule has 0 aliphatic heterocycles. The predicted molar refractivity (Wildman–Crippen MR) is 60.1 cm³/mol. The van der Waals surface area contributed by atoms with Gasteiger partial charge in [0, 0.05) is 18.4 Å². The van der Waals surface area contributed by atoms with Gasteiger partial charge in [-0.15, -0.1) is 0 Å². The fourth-order valence-corrected chi connectivity index (χ4v) is 1.80. The Kier molecular flexibility index (Phi) is 2.50. The zero-order valence-corrected chi connectivity index (χ0v) is 9.33. The Hall–Kier alpha value is -1.98. The van der Waals surface area contributed by atoms with Crippen molar-refractivity contribution < 1.29 is 13.2 Å². The summed E-state index contributed by atoms with van der Waals surface area (Å²) in [6, 6.07) is 2.40. The first-order valence-corrected chi connectivity index (χ1v) is 5.60. The Morgan fingerprint density at radius 1 is 1.17 bits per heavy atom. The molecule has 1 fully saturated rings. The summed E-state index contributed by atoms with van der Waals surface area (Å²) in [6.07, 6.45) is 5.45. The van der Waals surface area contributed by atoms with Gasteiger partial charge in [0.05, 0.1) is 5.69 Å². The molecule has 6 heteroatoms. The lowest BCUT2D eigenvalue weighted by Crippen LogP contribution is -2.04. The summed E-state index contributed by atoms with van der Waals surface area (Å²) in [4.78, 5) is 4.03. The van der Waals surface area contributed by atoms with E-state index in [9.17, 15) is 13.2 Å². The van der Waals surface area contributed by atoms with E-state index < -0.39 is 17.5 Å². The number of hydrogen-bond acceptors (Lipinski definition) is 2. The van der Waals surface area contributed by atoms with Crippen LogP contribution in [0.5, 0.6) is 0 Å². The number of halogens is 3. The Morgan fingerprint density at radius 2 is 1.94 bits per heavy atom. The number of aromatic nitrogens is 2. The average molecular weight is 253 g/mol. The molecule has 0 saturated heterocycles. The number of nitrogens with zero attached hydrogens (tertiary/aromatic N) is 2. The van der Waals surface area contributed by atoms with Crippen LogP contribution in [0.3, 0.4) is 0 Å². The van der Waals surface area contributed by atoms with E-state index in [0.29, 0.717) is 12.0 Å². The quantitative estimate of drug-likeness (QED) is 0.850. The lowest BCUT2D eigenvalue weighted by Gasteiger charge is -2.10. The van der Waals surface area contributed by atoms with Crippen LogP contribution in [-0.2, 0) is 0 Å². The zero-order valence-electron chi connectivity index (χ0n) is 9.33. The van der Waals surface area contributed by atoms with Crippen LogP contribution >= 0.6 is 0 Å². The standard InChI is InChI=1S/C12H10F3N3/c13-8-3-4-9(11(15)10(8)14)17-12-16-5-6-18(12)7-1-2-7/h3-7H,1-2H2,(H,16,17). The van der Waals surface area contributed by atoms with Crippen LogP contribution in [0.25, 0.3) is 0 Å². The van der Waals surface area contributed by atoms with Crippen molar-refractivity contribution in [2.45, 2.75) is 18.9 Å². The largest absolute Gasteiger partial charge is 0.323 e. The predicted octanol–water partition coefficient (Wildman–Crippen LogP) is 3.38. The number of hydrogen-bond donors (Lipinski definition) is 1. The van der Waals surface area contributed by atoms with Gasteiger partial charge < -0.3 is 9.88 Å². The van der Waals surface area contributed by atoms with Crippen molar-refractivity contribution in [3.8, 4) is 0 Å². The molecule has 0 unspecified atom stereocenters. The zero-order chi connectivity index (χ0) is 12.7. The average Bonchev–Trinajstić information content (AvgIpc) is 3.11. The molecule has 3 nitrogen and oxygen atoms in total. The van der Waals surface area contributed by atoms with Crippen molar-refractivity contribution in [1.29, 1.82) is 0 Å². The van der Waals surface area contributed by atoms with Crippen LogP contribution in [0, 0.1) is 17.5 Å². The molecule has 1 aromatic heterocycles. The molecule has 2 aromatic rings. The summed E-state index contributed by atoms with van der Waals surface area (Å²) >= 11 is 0. The molecule has 1 aliphatic rings. The van der Waals surface area contributed by atoms with Crippen LogP contribution in [0.1, 0.15) is 18.9 Å². The van der Waals surface area contributed by atoms with Gasteiger partial charge in [0.1, 0.15) is 0 Å². The van der Waals surface area contributed by atoms with E-state index in [4.69, 9.17) is 0 Å². The summed E-state index contributed by atoms with van der Waals surface area (Å²) in [7, 11) is 0. The van der Waals surface area contributed by atoms with E-state index in [1.54, 1.807) is 12.4 Å². The van der Waals surface area contributed by atoms with Crippen LogP contribution in [0.2, 0.25) is 0 Å². The van der Waals surface area contributed by atoms with Crippen molar-refractivity contribution in [3.05, 3.63) is 42.0 Å². The van der Waals surface area contributed by atoms with Gasteiger partial charge in [0.2, 0.25) is 5.95 Å². The fourth-order valence-electron chi connectivity index (χ4n) is 1.80. The van der Waals surface area contributed by atoms with Gasteiger partial charge >= 0.3 is 0 Å². The molecular formula is C12H10F3N3. The van der Waals surface area contributed by atoms with Crippen LogP contribution in [-0.4, -0.2) is 9.55 Å². The van der Waals surface area contributed by atoms with Crippen LogP contribution in [0.4, 0.5) is 24.8 Å². The number of imidazole rings is 1. The van der Waals surface area contributed by atoms with E-state index in [1.807, 2.05) is 4.57 Å². The Morgan fingerprint density at radius 3 is 2.67 bits per heavy atom. The summed E-state index contributed by atoms with van der Waals surface area (Å²) in [5.74, 6) is -3.49. The van der Waals surface area contributed by atoms with Crippen LogP contribution < -0.4 is 5.32 Å². The second-order valence-corrected chi connectivity index (χ2v) is 4.24. The van der Waals surface area contributed by atoms with E-state index in [-0.39, 0.29) is 5.69 Å². The van der Waals surface area contributed by atoms with Crippen molar-refractivity contribution in [1.82, 2.24) is 9.55 Å². The lowest BCUT2D eigenvalue weighted by molar-refractivity contribution is 0.449. The van der Waals surface area contributed by atoms with Crippen molar-refractivity contribution in [2.75, 3.05) is 5.32 Å². The minimum atomic E-state index is -1.48. The minimum Gasteiger partial charge on any atom is -0.323 e. The SMILES string of the molecule is Fc1ccc(Nc2nccn2C2CC2)c(F)c1F. The highest BCUT2D eigenvalue weighted by Gasteiger charge is 2.26. The molecule has 1 saturated carbocycles. The monoisotopic (exact) mass is 253 g/mol. The van der Waals surface area contributed by atoms with Gasteiger partial charge in [0.25, 0.3) is 0 Å². The molecule has 0 amide bonds. The third-order valence-corrected chi connectivity index (χ3v) is 2.89. The molecule has 0 atom stereocenters. The highest BCUT2D eigenvalue weighted by molar-refractivity contribution is 5.55. The highest BCUT2D eigenvalue weighted by Crippen LogP contribution is 2.37. The third kappa shape index (κ3) is 1.83. The Balaban J connectivity index is 1.92. The van der Waals surface area contributed by atoms with Crippen molar-refractivity contribution in [2.24, 2.45) is 0 Å².